The van der Waals surface area contributed by atoms with E-state index in [1.54, 1.807) is 6.07 Å². The second kappa shape index (κ2) is 3.35. The summed E-state index contributed by atoms with van der Waals surface area (Å²) in [6, 6.07) is 1.68. The summed E-state index contributed by atoms with van der Waals surface area (Å²) in [7, 11) is 0. The van der Waals surface area contributed by atoms with Gasteiger partial charge in [0.1, 0.15) is 6.17 Å². The van der Waals surface area contributed by atoms with E-state index in [1.807, 2.05) is 0 Å². The van der Waals surface area contributed by atoms with Gasteiger partial charge in [0.15, 0.2) is 0 Å². The van der Waals surface area contributed by atoms with Gasteiger partial charge in [-0.3, -0.25) is 0 Å². The van der Waals surface area contributed by atoms with Crippen molar-refractivity contribution in [1.82, 2.24) is 0 Å². The molecule has 0 heterocycles. The van der Waals surface area contributed by atoms with Gasteiger partial charge < -0.3 is 0 Å². The van der Waals surface area contributed by atoms with Crippen LogP contribution >= 0.6 is 0 Å². The van der Waals surface area contributed by atoms with Crippen LogP contribution in [0, 0.1) is 11.3 Å². The zero-order valence-corrected chi connectivity index (χ0v) is 4.06. The Morgan fingerprint density at radius 1 is 1.86 bits per heavy atom. The SMILES string of the molecule is CC(F)C=CC#N. The van der Waals surface area contributed by atoms with Gasteiger partial charge in [-0.15, -0.1) is 0 Å². The predicted molar refractivity (Wildman–Crippen MR) is 25.3 cm³/mol. The van der Waals surface area contributed by atoms with Crippen LogP contribution in [-0.2, 0) is 0 Å². The summed E-state index contributed by atoms with van der Waals surface area (Å²) in [5, 5.41) is 7.81. The molecule has 38 valence electrons. The standard InChI is InChI=1S/C5H6FN/c1-5(6)3-2-4-7/h2-3,5H,1H3. The fourth-order valence-corrected chi connectivity index (χ4v) is 0.176. The molecule has 0 aromatic rings. The van der Waals surface area contributed by atoms with Gasteiger partial charge >= 0.3 is 0 Å². The maximum absolute atomic E-state index is 11.7. The lowest BCUT2D eigenvalue weighted by Crippen LogP contribution is -1.80. The van der Waals surface area contributed by atoms with Crippen LogP contribution in [-0.4, -0.2) is 6.17 Å². The molecule has 0 rings (SSSR count). The maximum atomic E-state index is 11.7. The normalized spacial score (nSPS) is 13.9. The Labute approximate surface area is 42.1 Å². The van der Waals surface area contributed by atoms with Crippen molar-refractivity contribution in [1.29, 1.82) is 5.26 Å². The maximum Gasteiger partial charge on any atom is 0.116 e. The lowest BCUT2D eigenvalue weighted by atomic mass is 10.4. The Bertz CT molecular complexity index is 99.1. The molecule has 0 aliphatic heterocycles. The molecule has 0 aliphatic rings. The second-order valence-corrected chi connectivity index (χ2v) is 1.17. The van der Waals surface area contributed by atoms with Crippen LogP contribution in [0.25, 0.3) is 0 Å². The van der Waals surface area contributed by atoms with Crippen LogP contribution < -0.4 is 0 Å². The van der Waals surface area contributed by atoms with Gasteiger partial charge in [0.2, 0.25) is 0 Å². The van der Waals surface area contributed by atoms with Crippen molar-refractivity contribution in [2.45, 2.75) is 13.1 Å². The average molecular weight is 99.1 g/mol. The molecule has 1 nitrogen and oxygen atoms in total. The van der Waals surface area contributed by atoms with Crippen molar-refractivity contribution in [2.24, 2.45) is 0 Å². The molecule has 0 bridgehead atoms. The molecule has 0 saturated heterocycles. The number of nitrogens with zero attached hydrogens (tertiary/aromatic N) is 1. The van der Waals surface area contributed by atoms with Crippen LogP contribution in [0.15, 0.2) is 12.2 Å². The zero-order chi connectivity index (χ0) is 5.70. The van der Waals surface area contributed by atoms with Crippen LogP contribution in [0.2, 0.25) is 0 Å². The fourth-order valence-electron chi connectivity index (χ4n) is 0.176. The Morgan fingerprint density at radius 3 is 2.57 bits per heavy atom. The van der Waals surface area contributed by atoms with Crippen LogP contribution in [0.4, 0.5) is 4.39 Å². The molecule has 1 unspecified atom stereocenters. The molecule has 0 radical (unpaired) electrons. The highest BCUT2D eigenvalue weighted by Crippen LogP contribution is 1.87. The van der Waals surface area contributed by atoms with Crippen molar-refractivity contribution in [3.63, 3.8) is 0 Å². The first-order valence-corrected chi connectivity index (χ1v) is 1.97. The molecule has 0 aromatic carbocycles. The lowest BCUT2D eigenvalue weighted by molar-refractivity contribution is 0.431. The Morgan fingerprint density at radius 2 is 2.43 bits per heavy atom. The van der Waals surface area contributed by atoms with Crippen LogP contribution in [0.1, 0.15) is 6.92 Å². The highest BCUT2D eigenvalue weighted by molar-refractivity contribution is 5.03. The minimum Gasteiger partial charge on any atom is -0.243 e. The summed E-state index contributed by atoms with van der Waals surface area (Å²) in [5.74, 6) is 0. The molecule has 2 heteroatoms. The molecule has 0 amide bonds. The summed E-state index contributed by atoms with van der Waals surface area (Å²) >= 11 is 0. The Hall–Kier alpha value is -0.840. The molecule has 0 saturated carbocycles. The Balaban J connectivity index is 3.31. The number of halogens is 1. The molecule has 0 aliphatic carbocycles. The summed E-state index contributed by atoms with van der Waals surface area (Å²) < 4.78 is 11.7. The summed E-state index contributed by atoms with van der Waals surface area (Å²) in [6.07, 6.45) is 1.32. The smallest absolute Gasteiger partial charge is 0.116 e. The molecule has 0 aromatic heterocycles. The van der Waals surface area contributed by atoms with Gasteiger partial charge in [-0.05, 0) is 13.0 Å². The van der Waals surface area contributed by atoms with E-state index in [0.29, 0.717) is 0 Å². The minimum absolute atomic E-state index is 1.00. The molecule has 0 spiro atoms. The largest absolute Gasteiger partial charge is 0.243 e. The van der Waals surface area contributed by atoms with E-state index >= 15 is 0 Å². The summed E-state index contributed by atoms with van der Waals surface area (Å²) in [5.41, 5.74) is 0. The summed E-state index contributed by atoms with van der Waals surface area (Å²) in [6.45, 7) is 1.37. The number of hydrogen-bond acceptors (Lipinski definition) is 1. The molecule has 0 fully saturated rings. The number of rotatable bonds is 1. The third-order valence-corrected chi connectivity index (χ3v) is 0.436. The highest BCUT2D eigenvalue weighted by atomic mass is 19.1. The van der Waals surface area contributed by atoms with Gasteiger partial charge in [-0.2, -0.15) is 5.26 Å². The topological polar surface area (TPSA) is 23.8 Å². The van der Waals surface area contributed by atoms with Gasteiger partial charge in [-0.25, -0.2) is 4.39 Å². The van der Waals surface area contributed by atoms with E-state index in [2.05, 4.69) is 0 Å². The lowest BCUT2D eigenvalue weighted by Gasteiger charge is -1.81. The van der Waals surface area contributed by atoms with E-state index in [-0.39, 0.29) is 0 Å². The second-order valence-electron chi connectivity index (χ2n) is 1.17. The van der Waals surface area contributed by atoms with Gasteiger partial charge in [0.25, 0.3) is 0 Å². The van der Waals surface area contributed by atoms with Gasteiger partial charge in [0, 0.05) is 6.08 Å². The Kier molecular flexibility index (Phi) is 2.95. The van der Waals surface area contributed by atoms with Crippen LogP contribution in [0.5, 0.6) is 0 Å². The predicted octanol–water partition coefficient (Wildman–Crippen LogP) is 1.42. The van der Waals surface area contributed by atoms with Crippen molar-refractivity contribution in [3.05, 3.63) is 12.2 Å². The monoisotopic (exact) mass is 99.0 g/mol. The van der Waals surface area contributed by atoms with Gasteiger partial charge in [0.05, 0.1) is 6.07 Å². The minimum atomic E-state index is -1.00. The van der Waals surface area contributed by atoms with E-state index in [4.69, 9.17) is 5.26 Å². The molecular formula is C5H6FN. The van der Waals surface area contributed by atoms with E-state index in [0.717, 1.165) is 6.08 Å². The average Bonchev–Trinajstić information content (AvgIpc) is 1.61. The van der Waals surface area contributed by atoms with Crippen LogP contribution in [0.3, 0.4) is 0 Å². The summed E-state index contributed by atoms with van der Waals surface area (Å²) in [4.78, 5) is 0. The number of nitriles is 1. The van der Waals surface area contributed by atoms with Gasteiger partial charge in [-0.1, -0.05) is 0 Å². The highest BCUT2D eigenvalue weighted by Gasteiger charge is 1.83. The molecule has 7 heavy (non-hydrogen) atoms. The number of allylic oxidation sites excluding steroid dienone is 2. The third-order valence-electron chi connectivity index (χ3n) is 0.436. The van der Waals surface area contributed by atoms with E-state index < -0.39 is 6.17 Å². The van der Waals surface area contributed by atoms with E-state index in [1.165, 1.54) is 13.0 Å². The quantitative estimate of drug-likeness (QED) is 0.456. The molecular weight excluding hydrogens is 93.1 g/mol. The first-order valence-electron chi connectivity index (χ1n) is 1.97. The van der Waals surface area contributed by atoms with Crippen molar-refractivity contribution in [2.75, 3.05) is 0 Å². The zero-order valence-electron chi connectivity index (χ0n) is 4.06. The molecule has 0 N–H and O–H groups in total. The fraction of sp³-hybridized carbons (Fsp3) is 0.400. The molecule has 1 atom stereocenters. The number of alkyl halides is 1. The van der Waals surface area contributed by atoms with Crippen molar-refractivity contribution in [3.8, 4) is 6.07 Å². The van der Waals surface area contributed by atoms with E-state index in [9.17, 15) is 4.39 Å². The number of hydrogen-bond donors (Lipinski definition) is 0. The third kappa shape index (κ3) is 5.16. The first-order chi connectivity index (χ1) is 3.27. The van der Waals surface area contributed by atoms with Crippen molar-refractivity contribution < 1.29 is 4.39 Å². The van der Waals surface area contributed by atoms with Crippen molar-refractivity contribution >= 4 is 0 Å². The first kappa shape index (κ1) is 6.16.